The Hall–Kier alpha value is -3.66. The average molecular weight is 370 g/mol. The third-order valence-electron chi connectivity index (χ3n) is 4.57. The fourth-order valence-corrected chi connectivity index (χ4v) is 3.07. The SMILES string of the molecule is Cc1cccc(C)c1NC(=O)C(=O)/C(=C(\N)c1ccccc1)c1ccccc1. The largest absolute Gasteiger partial charge is 0.398 e. The molecule has 0 radical (unpaired) electrons. The summed E-state index contributed by atoms with van der Waals surface area (Å²) in [6.45, 7) is 3.78. The number of nitrogens with one attached hydrogen (secondary N) is 1. The second-order valence-corrected chi connectivity index (χ2v) is 6.57. The van der Waals surface area contributed by atoms with Crippen LogP contribution in [0.5, 0.6) is 0 Å². The Balaban J connectivity index is 2.04. The van der Waals surface area contributed by atoms with Crippen LogP contribution >= 0.6 is 0 Å². The monoisotopic (exact) mass is 370 g/mol. The third-order valence-corrected chi connectivity index (χ3v) is 4.57. The number of para-hydroxylation sites is 1. The Morgan fingerprint density at radius 2 is 1.21 bits per heavy atom. The first-order chi connectivity index (χ1) is 13.5. The Bertz CT molecular complexity index is 1020. The summed E-state index contributed by atoms with van der Waals surface area (Å²) in [6.07, 6.45) is 0. The molecule has 0 saturated carbocycles. The Morgan fingerprint density at radius 1 is 0.714 bits per heavy atom. The molecule has 3 aromatic rings. The maximum atomic E-state index is 13.1. The van der Waals surface area contributed by atoms with Crippen molar-refractivity contribution in [2.75, 3.05) is 5.32 Å². The Kier molecular flexibility index (Phi) is 5.70. The van der Waals surface area contributed by atoms with E-state index in [1.165, 1.54) is 0 Å². The molecule has 0 aliphatic heterocycles. The van der Waals surface area contributed by atoms with E-state index < -0.39 is 11.7 Å². The van der Waals surface area contributed by atoms with Crippen molar-refractivity contribution in [3.05, 3.63) is 101 Å². The maximum Gasteiger partial charge on any atom is 0.296 e. The molecule has 0 atom stereocenters. The fraction of sp³-hybridized carbons (Fsp3) is 0.0833. The minimum absolute atomic E-state index is 0.190. The van der Waals surface area contributed by atoms with Crippen molar-refractivity contribution in [1.82, 2.24) is 0 Å². The third kappa shape index (κ3) is 4.01. The summed E-state index contributed by atoms with van der Waals surface area (Å²) in [5.74, 6) is -1.38. The van der Waals surface area contributed by atoms with Gasteiger partial charge < -0.3 is 11.1 Å². The minimum Gasteiger partial charge on any atom is -0.398 e. The molecule has 3 rings (SSSR count). The Morgan fingerprint density at radius 3 is 1.75 bits per heavy atom. The van der Waals surface area contributed by atoms with E-state index in [1.807, 2.05) is 80.6 Å². The van der Waals surface area contributed by atoms with Crippen molar-refractivity contribution in [1.29, 1.82) is 0 Å². The Labute approximate surface area is 164 Å². The van der Waals surface area contributed by atoms with Gasteiger partial charge in [0.1, 0.15) is 0 Å². The van der Waals surface area contributed by atoms with Crippen LogP contribution in [-0.2, 0) is 9.59 Å². The van der Waals surface area contributed by atoms with E-state index in [-0.39, 0.29) is 11.3 Å². The van der Waals surface area contributed by atoms with Gasteiger partial charge in [0.15, 0.2) is 0 Å². The van der Waals surface area contributed by atoms with Crippen molar-refractivity contribution < 1.29 is 9.59 Å². The molecule has 0 heterocycles. The van der Waals surface area contributed by atoms with Crippen molar-refractivity contribution in [2.45, 2.75) is 13.8 Å². The van der Waals surface area contributed by atoms with Gasteiger partial charge in [-0.2, -0.15) is 0 Å². The lowest BCUT2D eigenvalue weighted by atomic mass is 9.95. The van der Waals surface area contributed by atoms with Crippen LogP contribution in [0.1, 0.15) is 22.3 Å². The van der Waals surface area contributed by atoms with Gasteiger partial charge in [-0.15, -0.1) is 0 Å². The summed E-state index contributed by atoms with van der Waals surface area (Å²) in [7, 11) is 0. The van der Waals surface area contributed by atoms with Gasteiger partial charge >= 0.3 is 0 Å². The number of Topliss-reactive ketones (excluding diaryl/α,β-unsaturated/α-hetero) is 1. The number of hydrogen-bond donors (Lipinski definition) is 2. The molecule has 3 aromatic carbocycles. The first kappa shape index (κ1) is 19.1. The van der Waals surface area contributed by atoms with Crippen LogP contribution in [0.25, 0.3) is 11.3 Å². The highest BCUT2D eigenvalue weighted by atomic mass is 16.2. The number of aryl methyl sites for hydroxylation is 2. The number of rotatable bonds is 5. The zero-order chi connectivity index (χ0) is 20.1. The van der Waals surface area contributed by atoms with E-state index in [1.54, 1.807) is 12.1 Å². The molecular formula is C24H22N2O2. The van der Waals surface area contributed by atoms with Gasteiger partial charge in [-0.05, 0) is 36.1 Å². The first-order valence-corrected chi connectivity index (χ1v) is 9.01. The summed E-state index contributed by atoms with van der Waals surface area (Å²) in [5, 5.41) is 2.76. The average Bonchev–Trinajstić information content (AvgIpc) is 2.72. The van der Waals surface area contributed by atoms with Crippen LogP contribution in [0.2, 0.25) is 0 Å². The number of carbonyl (C=O) groups is 2. The molecule has 28 heavy (non-hydrogen) atoms. The van der Waals surface area contributed by atoms with Crippen LogP contribution in [-0.4, -0.2) is 11.7 Å². The van der Waals surface area contributed by atoms with Gasteiger partial charge in [0, 0.05) is 5.69 Å². The quantitative estimate of drug-likeness (QED) is 0.399. The smallest absolute Gasteiger partial charge is 0.296 e. The molecule has 3 N–H and O–H groups in total. The lowest BCUT2D eigenvalue weighted by Gasteiger charge is -2.14. The van der Waals surface area contributed by atoms with E-state index in [0.29, 0.717) is 16.8 Å². The van der Waals surface area contributed by atoms with Crippen molar-refractivity contribution in [3.63, 3.8) is 0 Å². The second kappa shape index (κ2) is 8.35. The molecule has 0 aromatic heterocycles. The molecular weight excluding hydrogens is 348 g/mol. The number of hydrogen-bond acceptors (Lipinski definition) is 3. The van der Waals surface area contributed by atoms with Crippen LogP contribution in [0, 0.1) is 13.8 Å². The molecule has 4 heteroatoms. The highest BCUT2D eigenvalue weighted by Gasteiger charge is 2.24. The number of amides is 1. The maximum absolute atomic E-state index is 13.1. The lowest BCUT2D eigenvalue weighted by Crippen LogP contribution is -2.26. The molecule has 0 bridgehead atoms. The topological polar surface area (TPSA) is 72.2 Å². The van der Waals surface area contributed by atoms with Crippen LogP contribution in [0.3, 0.4) is 0 Å². The van der Waals surface area contributed by atoms with Crippen molar-refractivity contribution in [3.8, 4) is 0 Å². The summed E-state index contributed by atoms with van der Waals surface area (Å²) in [5.41, 5.74) is 10.5. The van der Waals surface area contributed by atoms with Crippen LogP contribution in [0.15, 0.2) is 78.9 Å². The molecule has 0 unspecified atom stereocenters. The molecule has 0 aliphatic carbocycles. The van der Waals surface area contributed by atoms with E-state index in [4.69, 9.17) is 5.73 Å². The van der Waals surface area contributed by atoms with E-state index >= 15 is 0 Å². The van der Waals surface area contributed by atoms with E-state index in [9.17, 15) is 9.59 Å². The fourth-order valence-electron chi connectivity index (χ4n) is 3.07. The van der Waals surface area contributed by atoms with Crippen LogP contribution < -0.4 is 11.1 Å². The molecule has 0 spiro atoms. The van der Waals surface area contributed by atoms with Gasteiger partial charge in [-0.1, -0.05) is 78.9 Å². The summed E-state index contributed by atoms with van der Waals surface area (Å²) < 4.78 is 0. The zero-order valence-electron chi connectivity index (χ0n) is 15.9. The number of anilines is 1. The lowest BCUT2D eigenvalue weighted by molar-refractivity contribution is -0.131. The predicted molar refractivity (Wildman–Crippen MR) is 113 cm³/mol. The number of benzene rings is 3. The number of ketones is 1. The minimum atomic E-state index is -0.713. The summed E-state index contributed by atoms with van der Waals surface area (Å²) in [6, 6.07) is 23.9. The molecule has 4 nitrogen and oxygen atoms in total. The highest BCUT2D eigenvalue weighted by molar-refractivity contribution is 6.58. The van der Waals surface area contributed by atoms with Crippen LogP contribution in [0.4, 0.5) is 5.69 Å². The number of nitrogens with two attached hydrogens (primary N) is 1. The normalized spacial score (nSPS) is 11.5. The molecule has 0 saturated heterocycles. The van der Waals surface area contributed by atoms with E-state index in [0.717, 1.165) is 11.1 Å². The zero-order valence-corrected chi connectivity index (χ0v) is 15.9. The second-order valence-electron chi connectivity index (χ2n) is 6.57. The van der Waals surface area contributed by atoms with Gasteiger partial charge in [0.25, 0.3) is 11.7 Å². The van der Waals surface area contributed by atoms with Crippen molar-refractivity contribution in [2.24, 2.45) is 5.73 Å². The summed E-state index contributed by atoms with van der Waals surface area (Å²) >= 11 is 0. The van der Waals surface area contributed by atoms with Gasteiger partial charge in [-0.3, -0.25) is 9.59 Å². The van der Waals surface area contributed by atoms with E-state index in [2.05, 4.69) is 5.32 Å². The molecule has 0 fully saturated rings. The highest BCUT2D eigenvalue weighted by Crippen LogP contribution is 2.25. The first-order valence-electron chi connectivity index (χ1n) is 9.01. The van der Waals surface area contributed by atoms with Gasteiger partial charge in [-0.25, -0.2) is 0 Å². The standard InChI is InChI=1S/C24H22N2O2/c1-16-10-9-11-17(2)22(16)26-24(28)23(27)20(18-12-5-3-6-13-18)21(25)19-14-7-4-8-15-19/h3-15H,25H2,1-2H3,(H,26,28)/b21-20-. The predicted octanol–water partition coefficient (Wildman–Crippen LogP) is 4.34. The van der Waals surface area contributed by atoms with Gasteiger partial charge in [0.05, 0.1) is 11.3 Å². The van der Waals surface area contributed by atoms with Gasteiger partial charge in [0.2, 0.25) is 0 Å². The summed E-state index contributed by atoms with van der Waals surface area (Å²) in [4.78, 5) is 26.0. The molecule has 0 aliphatic rings. The molecule has 1 amide bonds. The van der Waals surface area contributed by atoms with Crippen molar-refractivity contribution >= 4 is 28.6 Å². The number of carbonyl (C=O) groups excluding carboxylic acids is 2. The molecule has 140 valence electrons.